The van der Waals surface area contributed by atoms with Crippen LogP contribution in [-0.2, 0) is 17.8 Å². The summed E-state index contributed by atoms with van der Waals surface area (Å²) in [4.78, 5) is 32.6. The molecular weight excluding hydrogens is 534 g/mol. The lowest BCUT2D eigenvalue weighted by molar-refractivity contribution is -0.144. The smallest absolute Gasteiger partial charge is 0.267 e. The van der Waals surface area contributed by atoms with Crippen molar-refractivity contribution in [3.63, 3.8) is 0 Å². The van der Waals surface area contributed by atoms with Crippen LogP contribution in [0.25, 0.3) is 0 Å². The molecule has 5 rings (SSSR count). The van der Waals surface area contributed by atoms with Crippen LogP contribution >= 0.6 is 22.7 Å². The molecule has 2 heterocycles. The van der Waals surface area contributed by atoms with Gasteiger partial charge in [0, 0.05) is 34.7 Å². The van der Waals surface area contributed by atoms with Crippen molar-refractivity contribution in [3.8, 4) is 5.75 Å². The number of aliphatic hydroxyl groups is 2. The Morgan fingerprint density at radius 3 is 2.72 bits per heavy atom. The second-order valence-corrected chi connectivity index (χ2v) is 13.1. The van der Waals surface area contributed by atoms with Crippen molar-refractivity contribution < 1.29 is 24.5 Å². The molecule has 208 valence electrons. The number of amides is 2. The molecule has 0 aliphatic heterocycles. The van der Waals surface area contributed by atoms with E-state index in [1.54, 1.807) is 13.2 Å². The number of nitrogens with zero attached hydrogens (tertiary/aromatic N) is 1. The van der Waals surface area contributed by atoms with Crippen LogP contribution in [0.15, 0.2) is 41.8 Å². The van der Waals surface area contributed by atoms with Crippen LogP contribution in [0.3, 0.4) is 0 Å². The van der Waals surface area contributed by atoms with Gasteiger partial charge in [0.25, 0.3) is 5.91 Å². The number of methoxy groups -OCH3 is 1. The van der Waals surface area contributed by atoms with Crippen molar-refractivity contribution in [1.29, 1.82) is 0 Å². The molecule has 1 fully saturated rings. The Bertz CT molecular complexity index is 1340. The molecule has 1 aromatic carbocycles. The molecule has 10 heteroatoms. The number of hydrogen-bond donors (Lipinski definition) is 4. The number of carbonyl (C=O) groups is 2. The number of fused-ring (bicyclic) bond motifs is 2. The van der Waals surface area contributed by atoms with Gasteiger partial charge in [-0.1, -0.05) is 38.1 Å². The number of benzene rings is 1. The van der Waals surface area contributed by atoms with E-state index >= 15 is 0 Å². The van der Waals surface area contributed by atoms with E-state index in [0.717, 1.165) is 21.9 Å². The Kier molecular flexibility index (Phi) is 7.83. The van der Waals surface area contributed by atoms with Crippen LogP contribution in [0.5, 0.6) is 5.75 Å². The number of thiophene rings is 1. The van der Waals surface area contributed by atoms with E-state index in [1.807, 2.05) is 42.6 Å². The first kappa shape index (κ1) is 27.8. The molecule has 0 spiro atoms. The first-order valence-electron chi connectivity index (χ1n) is 13.2. The second-order valence-electron chi connectivity index (χ2n) is 11.1. The minimum Gasteiger partial charge on any atom is -0.496 e. The van der Waals surface area contributed by atoms with Gasteiger partial charge >= 0.3 is 0 Å². The fourth-order valence-electron chi connectivity index (χ4n) is 6.57. The Morgan fingerprint density at radius 2 is 2.00 bits per heavy atom. The fourth-order valence-corrected chi connectivity index (χ4v) is 8.25. The fraction of sp³-hybridized carbons (Fsp3) is 0.483. The largest absolute Gasteiger partial charge is 0.496 e. The highest BCUT2D eigenvalue weighted by molar-refractivity contribution is 7.16. The Morgan fingerprint density at radius 1 is 1.21 bits per heavy atom. The SMILES string of the molecule is COc1ccccc1CNC(=O)CC1c2nc(NC(=O)c3cccs3)sc2CC2C(C)(CO)C(O)CCC12C. The zero-order valence-corrected chi connectivity index (χ0v) is 24.0. The molecule has 4 N–H and O–H groups in total. The first-order valence-corrected chi connectivity index (χ1v) is 14.9. The summed E-state index contributed by atoms with van der Waals surface area (Å²) in [6.45, 7) is 4.32. The molecule has 0 radical (unpaired) electrons. The van der Waals surface area contributed by atoms with Crippen molar-refractivity contribution in [1.82, 2.24) is 10.3 Å². The number of anilines is 1. The molecule has 8 nitrogen and oxygen atoms in total. The zero-order chi connectivity index (χ0) is 27.8. The van der Waals surface area contributed by atoms with Crippen LogP contribution in [0.1, 0.15) is 64.8 Å². The molecule has 0 bridgehead atoms. The van der Waals surface area contributed by atoms with E-state index in [-0.39, 0.29) is 42.1 Å². The first-order chi connectivity index (χ1) is 18.7. The molecule has 0 saturated heterocycles. The van der Waals surface area contributed by atoms with E-state index < -0.39 is 11.5 Å². The minimum atomic E-state index is -0.707. The molecule has 5 atom stereocenters. The average molecular weight is 570 g/mol. The summed E-state index contributed by atoms with van der Waals surface area (Å²) in [5.41, 5.74) is 0.655. The van der Waals surface area contributed by atoms with Crippen LogP contribution in [0, 0.1) is 16.7 Å². The van der Waals surface area contributed by atoms with Gasteiger partial charge < -0.3 is 20.3 Å². The molecule has 39 heavy (non-hydrogen) atoms. The summed E-state index contributed by atoms with van der Waals surface area (Å²) in [5, 5.41) is 29.8. The van der Waals surface area contributed by atoms with Crippen LogP contribution in [0.2, 0.25) is 0 Å². The van der Waals surface area contributed by atoms with Crippen molar-refractivity contribution in [2.24, 2.45) is 16.7 Å². The van der Waals surface area contributed by atoms with E-state index in [0.29, 0.717) is 35.8 Å². The van der Waals surface area contributed by atoms with Gasteiger partial charge in [-0.05, 0) is 48.1 Å². The molecule has 1 saturated carbocycles. The topological polar surface area (TPSA) is 121 Å². The summed E-state index contributed by atoms with van der Waals surface area (Å²) in [7, 11) is 1.61. The Balaban J connectivity index is 1.44. The van der Waals surface area contributed by atoms with Gasteiger partial charge in [0.1, 0.15) is 5.75 Å². The number of ether oxygens (including phenoxy) is 1. The van der Waals surface area contributed by atoms with E-state index in [4.69, 9.17) is 9.72 Å². The van der Waals surface area contributed by atoms with Crippen molar-refractivity contribution in [2.45, 2.75) is 58.1 Å². The van der Waals surface area contributed by atoms with Gasteiger partial charge in [0.05, 0.1) is 30.4 Å². The second kappa shape index (κ2) is 11.0. The van der Waals surface area contributed by atoms with Crippen LogP contribution < -0.4 is 15.4 Å². The predicted octanol–water partition coefficient (Wildman–Crippen LogP) is 4.59. The highest BCUT2D eigenvalue weighted by Crippen LogP contribution is 2.62. The third-order valence-electron chi connectivity index (χ3n) is 8.92. The monoisotopic (exact) mass is 569 g/mol. The molecule has 2 amide bonds. The standard InChI is InChI=1S/C29H35N3O5S2/c1-28-11-10-23(34)29(2,16-33)22(28)14-21-25(31-27(39-21)32-26(36)20-9-6-12-38-20)18(28)13-24(35)30-15-17-7-4-5-8-19(17)37-3/h4-9,12,18,22-23,33-34H,10-11,13-16H2,1-3H3,(H,30,35)(H,31,32,36). The van der Waals surface area contributed by atoms with Crippen molar-refractivity contribution >= 4 is 39.6 Å². The van der Waals surface area contributed by atoms with Gasteiger partial charge in [-0.25, -0.2) is 4.98 Å². The number of aliphatic hydroxyl groups excluding tert-OH is 2. The number of rotatable bonds is 8. The predicted molar refractivity (Wildman–Crippen MR) is 152 cm³/mol. The number of aromatic nitrogens is 1. The van der Waals surface area contributed by atoms with Gasteiger partial charge in [0.2, 0.25) is 5.91 Å². The van der Waals surface area contributed by atoms with Gasteiger partial charge in [-0.2, -0.15) is 0 Å². The minimum absolute atomic E-state index is 0.0560. The van der Waals surface area contributed by atoms with E-state index in [2.05, 4.69) is 17.6 Å². The highest BCUT2D eigenvalue weighted by Gasteiger charge is 2.59. The summed E-state index contributed by atoms with van der Waals surface area (Å²) >= 11 is 2.79. The highest BCUT2D eigenvalue weighted by atomic mass is 32.1. The van der Waals surface area contributed by atoms with E-state index in [1.165, 1.54) is 22.7 Å². The third kappa shape index (κ3) is 5.11. The molecule has 3 aromatic rings. The number of hydrogen-bond acceptors (Lipinski definition) is 8. The quantitative estimate of drug-likeness (QED) is 0.315. The lowest BCUT2D eigenvalue weighted by Crippen LogP contribution is -2.57. The van der Waals surface area contributed by atoms with Gasteiger partial charge in [0.15, 0.2) is 5.13 Å². The molecule has 2 aliphatic carbocycles. The Hall–Kier alpha value is -2.79. The number of carbonyl (C=O) groups excluding carboxylic acids is 2. The van der Waals surface area contributed by atoms with Crippen LogP contribution in [-0.4, -0.2) is 46.8 Å². The molecule has 5 unspecified atom stereocenters. The lowest BCUT2D eigenvalue weighted by atomic mass is 9.47. The maximum Gasteiger partial charge on any atom is 0.267 e. The van der Waals surface area contributed by atoms with Gasteiger partial charge in [-0.15, -0.1) is 22.7 Å². The number of para-hydroxylation sites is 1. The van der Waals surface area contributed by atoms with Gasteiger partial charge in [-0.3, -0.25) is 14.9 Å². The number of thiazole rings is 1. The summed E-state index contributed by atoms with van der Waals surface area (Å²) < 4.78 is 5.43. The van der Waals surface area contributed by atoms with Crippen LogP contribution in [0.4, 0.5) is 5.13 Å². The average Bonchev–Trinajstić information content (AvgIpc) is 3.61. The number of nitrogens with one attached hydrogen (secondary N) is 2. The van der Waals surface area contributed by atoms with E-state index in [9.17, 15) is 19.8 Å². The third-order valence-corrected chi connectivity index (χ3v) is 10.8. The summed E-state index contributed by atoms with van der Waals surface area (Å²) in [6.07, 6.45) is 1.48. The lowest BCUT2D eigenvalue weighted by Gasteiger charge is -2.58. The summed E-state index contributed by atoms with van der Waals surface area (Å²) in [5.74, 6) is 0.120. The molecular formula is C29H35N3O5S2. The van der Waals surface area contributed by atoms with Crippen molar-refractivity contribution in [2.75, 3.05) is 19.0 Å². The molecule has 2 aliphatic rings. The normalized spacial score (nSPS) is 27.8. The zero-order valence-electron chi connectivity index (χ0n) is 22.4. The maximum absolute atomic E-state index is 13.4. The maximum atomic E-state index is 13.4. The molecule has 2 aromatic heterocycles. The Labute approximate surface area is 236 Å². The van der Waals surface area contributed by atoms with Crippen molar-refractivity contribution in [3.05, 3.63) is 62.8 Å². The summed E-state index contributed by atoms with van der Waals surface area (Å²) in [6, 6.07) is 11.2.